The largest absolute Gasteiger partial charge is 0.497 e. The lowest BCUT2D eigenvalue weighted by molar-refractivity contribution is -0.129. The molecule has 1 amide bonds. The normalized spacial score (nSPS) is 10.4. The Bertz CT molecular complexity index is 581. The van der Waals surface area contributed by atoms with Gasteiger partial charge in [-0.2, -0.15) is 0 Å². The fourth-order valence-corrected chi connectivity index (χ4v) is 2.75. The van der Waals surface area contributed by atoms with Crippen molar-refractivity contribution in [3.05, 3.63) is 45.9 Å². The van der Waals surface area contributed by atoms with Gasteiger partial charge in [-0.15, -0.1) is 11.3 Å². The maximum atomic E-state index is 11.0. The molecule has 6 heteroatoms. The zero-order chi connectivity index (χ0) is 15.1. The van der Waals surface area contributed by atoms with Crippen molar-refractivity contribution in [3.63, 3.8) is 0 Å². The number of nitrogens with zero attached hydrogens (tertiary/aromatic N) is 1. The van der Waals surface area contributed by atoms with Crippen LogP contribution < -0.4 is 10.2 Å². The number of aryl methyl sites for hydroxylation is 3. The van der Waals surface area contributed by atoms with Crippen molar-refractivity contribution >= 4 is 17.2 Å². The van der Waals surface area contributed by atoms with E-state index in [1.807, 2.05) is 17.5 Å². The molecule has 0 bridgehead atoms. The van der Waals surface area contributed by atoms with E-state index in [0.717, 1.165) is 29.3 Å². The molecule has 0 unspecified atom stereocenters. The molecule has 2 aromatic rings. The summed E-state index contributed by atoms with van der Waals surface area (Å²) in [5, 5.41) is 11.5. The summed E-state index contributed by atoms with van der Waals surface area (Å²) in [7, 11) is 1.66. The molecule has 2 N–H and O–H groups in total. The number of carbonyl (C=O) groups excluding carboxylic acids is 1. The zero-order valence-corrected chi connectivity index (χ0v) is 12.7. The van der Waals surface area contributed by atoms with E-state index >= 15 is 0 Å². The van der Waals surface area contributed by atoms with Crippen molar-refractivity contribution < 1.29 is 14.7 Å². The second-order valence-electron chi connectivity index (χ2n) is 4.62. The molecule has 0 spiro atoms. The quantitative estimate of drug-likeness (QED) is 0.608. The van der Waals surface area contributed by atoms with Crippen LogP contribution in [0.15, 0.2) is 29.6 Å². The number of hydrogen-bond donors (Lipinski definition) is 2. The molecule has 0 saturated carbocycles. The highest BCUT2D eigenvalue weighted by atomic mass is 32.1. The van der Waals surface area contributed by atoms with Gasteiger partial charge >= 0.3 is 0 Å². The summed E-state index contributed by atoms with van der Waals surface area (Å²) in [5.41, 5.74) is 3.76. The number of amides is 1. The minimum atomic E-state index is -0.386. The second-order valence-corrected chi connectivity index (χ2v) is 5.56. The number of aromatic nitrogens is 1. The van der Waals surface area contributed by atoms with E-state index in [9.17, 15) is 4.79 Å². The number of ether oxygens (including phenoxy) is 1. The van der Waals surface area contributed by atoms with Crippen molar-refractivity contribution in [1.29, 1.82) is 0 Å². The van der Waals surface area contributed by atoms with Gasteiger partial charge in [-0.05, 0) is 30.5 Å². The number of nitrogens with one attached hydrogen (secondary N) is 1. The Morgan fingerprint density at radius 2 is 2.05 bits per heavy atom. The van der Waals surface area contributed by atoms with Crippen molar-refractivity contribution in [2.45, 2.75) is 25.7 Å². The molecule has 0 aliphatic heterocycles. The van der Waals surface area contributed by atoms with Crippen molar-refractivity contribution in [3.8, 4) is 5.75 Å². The van der Waals surface area contributed by atoms with Crippen LogP contribution in [0.3, 0.4) is 0 Å². The fraction of sp³-hybridized carbons (Fsp3) is 0.333. The smallest absolute Gasteiger partial charge is 0.243 e. The average Bonchev–Trinajstić information content (AvgIpc) is 2.99. The molecule has 112 valence electrons. The van der Waals surface area contributed by atoms with Crippen LogP contribution in [-0.2, 0) is 24.1 Å². The van der Waals surface area contributed by atoms with Gasteiger partial charge in [0.05, 0.1) is 17.8 Å². The number of benzene rings is 1. The van der Waals surface area contributed by atoms with Crippen LogP contribution in [0.4, 0.5) is 0 Å². The monoisotopic (exact) mass is 306 g/mol. The summed E-state index contributed by atoms with van der Waals surface area (Å²) < 4.78 is 5.13. The number of hydrogen-bond acceptors (Lipinski definition) is 5. The molecule has 1 aromatic heterocycles. The number of rotatable bonds is 7. The van der Waals surface area contributed by atoms with Crippen molar-refractivity contribution in [1.82, 2.24) is 10.5 Å². The Kier molecular flexibility index (Phi) is 5.71. The van der Waals surface area contributed by atoms with Gasteiger partial charge < -0.3 is 4.74 Å². The van der Waals surface area contributed by atoms with Crippen LogP contribution in [-0.4, -0.2) is 23.2 Å². The molecule has 21 heavy (non-hydrogen) atoms. The molecule has 0 aliphatic carbocycles. The first kappa shape index (κ1) is 15.5. The SMILES string of the molecule is COc1ccc(CCc2nc(CCC(=O)NO)cs2)cc1. The summed E-state index contributed by atoms with van der Waals surface area (Å²) >= 11 is 1.61. The maximum absolute atomic E-state index is 11.0. The van der Waals surface area contributed by atoms with Crippen LogP contribution in [0.1, 0.15) is 22.7 Å². The van der Waals surface area contributed by atoms with Gasteiger partial charge in [-0.3, -0.25) is 10.0 Å². The molecule has 0 fully saturated rings. The number of hydroxylamine groups is 1. The van der Waals surface area contributed by atoms with E-state index in [1.54, 1.807) is 23.9 Å². The lowest BCUT2D eigenvalue weighted by Gasteiger charge is -2.02. The predicted molar refractivity (Wildman–Crippen MR) is 80.8 cm³/mol. The lowest BCUT2D eigenvalue weighted by atomic mass is 10.1. The Morgan fingerprint density at radius 3 is 2.71 bits per heavy atom. The molecular formula is C15H18N2O3S. The van der Waals surface area contributed by atoms with E-state index < -0.39 is 0 Å². The fourth-order valence-electron chi connectivity index (χ4n) is 1.92. The minimum absolute atomic E-state index is 0.248. The number of carbonyl (C=O) groups is 1. The zero-order valence-electron chi connectivity index (χ0n) is 11.8. The van der Waals surface area contributed by atoms with Crippen LogP contribution in [0.25, 0.3) is 0 Å². The molecule has 0 saturated heterocycles. The van der Waals surface area contributed by atoms with Gasteiger partial charge in [0, 0.05) is 18.2 Å². The Morgan fingerprint density at radius 1 is 1.29 bits per heavy atom. The predicted octanol–water partition coefficient (Wildman–Crippen LogP) is 2.37. The molecule has 1 heterocycles. The molecule has 5 nitrogen and oxygen atoms in total. The van der Waals surface area contributed by atoms with E-state index in [4.69, 9.17) is 9.94 Å². The highest BCUT2D eigenvalue weighted by Crippen LogP contribution is 2.16. The Balaban J connectivity index is 1.83. The summed E-state index contributed by atoms with van der Waals surface area (Å²) in [6, 6.07) is 8.02. The second kappa shape index (κ2) is 7.75. The van der Waals surface area contributed by atoms with E-state index in [-0.39, 0.29) is 12.3 Å². The first-order valence-electron chi connectivity index (χ1n) is 6.70. The van der Waals surface area contributed by atoms with Gasteiger partial charge in [0.1, 0.15) is 5.75 Å². The van der Waals surface area contributed by atoms with Gasteiger partial charge in [0.15, 0.2) is 0 Å². The summed E-state index contributed by atoms with van der Waals surface area (Å²) in [6.45, 7) is 0. The third-order valence-corrected chi connectivity index (χ3v) is 4.08. The van der Waals surface area contributed by atoms with Gasteiger partial charge in [0.25, 0.3) is 0 Å². The van der Waals surface area contributed by atoms with Crippen LogP contribution in [0, 0.1) is 0 Å². The maximum Gasteiger partial charge on any atom is 0.243 e. The van der Waals surface area contributed by atoms with E-state index in [0.29, 0.717) is 6.42 Å². The van der Waals surface area contributed by atoms with E-state index in [2.05, 4.69) is 17.1 Å². The minimum Gasteiger partial charge on any atom is -0.497 e. The van der Waals surface area contributed by atoms with Gasteiger partial charge in [-0.1, -0.05) is 12.1 Å². The van der Waals surface area contributed by atoms with Gasteiger partial charge in [0.2, 0.25) is 5.91 Å². The first-order chi connectivity index (χ1) is 10.2. The highest BCUT2D eigenvalue weighted by Gasteiger charge is 2.06. The molecule has 1 aromatic carbocycles. The summed E-state index contributed by atoms with van der Waals surface area (Å²) in [4.78, 5) is 15.5. The molecular weight excluding hydrogens is 288 g/mol. The van der Waals surface area contributed by atoms with Crippen LogP contribution in [0.5, 0.6) is 5.75 Å². The first-order valence-corrected chi connectivity index (χ1v) is 7.58. The topological polar surface area (TPSA) is 71.5 Å². The number of methoxy groups -OCH3 is 1. The lowest BCUT2D eigenvalue weighted by Crippen LogP contribution is -2.18. The van der Waals surface area contributed by atoms with Crippen LogP contribution in [0.2, 0.25) is 0 Å². The average molecular weight is 306 g/mol. The molecule has 0 radical (unpaired) electrons. The van der Waals surface area contributed by atoms with Gasteiger partial charge in [-0.25, -0.2) is 10.5 Å². The third-order valence-electron chi connectivity index (χ3n) is 3.12. The van der Waals surface area contributed by atoms with Crippen molar-refractivity contribution in [2.75, 3.05) is 7.11 Å². The summed E-state index contributed by atoms with van der Waals surface area (Å²) in [6.07, 6.45) is 2.60. The summed E-state index contributed by atoms with van der Waals surface area (Å²) in [5.74, 6) is 0.472. The molecule has 0 atom stereocenters. The molecule has 2 rings (SSSR count). The van der Waals surface area contributed by atoms with Crippen molar-refractivity contribution in [2.24, 2.45) is 0 Å². The third kappa shape index (κ3) is 4.84. The van der Waals surface area contributed by atoms with E-state index in [1.165, 1.54) is 5.56 Å². The molecule has 0 aliphatic rings. The van der Waals surface area contributed by atoms with Crippen LogP contribution >= 0.6 is 11.3 Å². The standard InChI is InChI=1S/C15H18N2O3S/c1-20-13-6-2-11(3-7-13)4-9-15-16-12(10-21-15)5-8-14(18)17-19/h2-3,6-7,10,19H,4-5,8-9H2,1H3,(H,17,18). The Hall–Kier alpha value is -1.92. The Labute approximate surface area is 127 Å². The highest BCUT2D eigenvalue weighted by molar-refractivity contribution is 7.09. The number of thiazole rings is 1.